The predicted octanol–water partition coefficient (Wildman–Crippen LogP) is 4.03. The predicted molar refractivity (Wildman–Crippen MR) is 118 cm³/mol. The minimum absolute atomic E-state index is 0.182. The maximum absolute atomic E-state index is 12.6. The van der Waals surface area contributed by atoms with E-state index in [-0.39, 0.29) is 5.92 Å². The second-order valence-electron chi connectivity index (χ2n) is 11.0. The van der Waals surface area contributed by atoms with E-state index in [9.17, 15) is 9.90 Å². The lowest BCUT2D eigenvalue weighted by Crippen LogP contribution is -2.57. The average molecular weight is 422 g/mol. The minimum Gasteiger partial charge on any atom is -0.481 e. The van der Waals surface area contributed by atoms with Crippen molar-refractivity contribution >= 4 is 5.97 Å². The fourth-order valence-electron chi connectivity index (χ4n) is 8.82. The van der Waals surface area contributed by atoms with Gasteiger partial charge in [0.1, 0.15) is 6.33 Å². The molecule has 5 aliphatic rings. The summed E-state index contributed by atoms with van der Waals surface area (Å²) >= 11 is 0. The highest BCUT2D eigenvalue weighted by molar-refractivity contribution is 5.76. The second kappa shape index (κ2) is 7.40. The number of carboxylic acids is 1. The Hall–Kier alpha value is -1.75. The number of rotatable bonds is 2. The number of allylic oxidation sites excluding steroid dienone is 1. The van der Waals surface area contributed by atoms with E-state index in [0.29, 0.717) is 12.0 Å². The summed E-state index contributed by atoms with van der Waals surface area (Å²) in [4.78, 5) is 21.5. The first-order chi connectivity index (χ1) is 15.1. The van der Waals surface area contributed by atoms with E-state index in [1.54, 1.807) is 6.33 Å². The Bertz CT molecular complexity index is 914. The van der Waals surface area contributed by atoms with Crippen molar-refractivity contribution in [1.82, 2.24) is 15.3 Å². The molecule has 2 N–H and O–H groups in total. The number of aromatic nitrogens is 2. The molecule has 1 aromatic rings. The lowest BCUT2D eigenvalue weighted by Gasteiger charge is -2.57. The molecule has 31 heavy (non-hydrogen) atoms. The summed E-state index contributed by atoms with van der Waals surface area (Å²) < 4.78 is 0. The van der Waals surface area contributed by atoms with Crippen LogP contribution in [-0.4, -0.2) is 34.1 Å². The molecule has 3 saturated carbocycles. The fraction of sp³-hybridized carbons (Fsp3) is 0.731. The number of carbonyl (C=O) groups is 1. The van der Waals surface area contributed by atoms with Crippen LogP contribution in [0.25, 0.3) is 0 Å². The van der Waals surface area contributed by atoms with Crippen LogP contribution in [0.5, 0.6) is 0 Å². The van der Waals surface area contributed by atoms with Crippen LogP contribution in [0.15, 0.2) is 24.2 Å². The van der Waals surface area contributed by atoms with Gasteiger partial charge in [-0.3, -0.25) is 4.79 Å². The molecule has 166 valence electrons. The van der Waals surface area contributed by atoms with Crippen molar-refractivity contribution in [3.63, 3.8) is 0 Å². The summed E-state index contributed by atoms with van der Waals surface area (Å²) in [5.74, 6) is 3.22. The first-order valence-electron chi connectivity index (χ1n) is 12.5. The third-order valence-electron chi connectivity index (χ3n) is 10.1. The van der Waals surface area contributed by atoms with E-state index in [0.717, 1.165) is 75.0 Å². The van der Waals surface area contributed by atoms with Gasteiger partial charge < -0.3 is 10.4 Å². The Balaban J connectivity index is 1.34. The monoisotopic (exact) mass is 421 g/mol. The third-order valence-corrected chi connectivity index (χ3v) is 10.1. The number of nitrogens with one attached hydrogen (secondary N) is 1. The molecule has 1 aromatic heterocycles. The third kappa shape index (κ3) is 2.88. The van der Waals surface area contributed by atoms with E-state index in [2.05, 4.69) is 21.4 Å². The zero-order chi connectivity index (χ0) is 21.2. The van der Waals surface area contributed by atoms with Gasteiger partial charge in [0.05, 0.1) is 5.41 Å². The van der Waals surface area contributed by atoms with Gasteiger partial charge in [0.2, 0.25) is 0 Å². The van der Waals surface area contributed by atoms with Crippen LogP contribution >= 0.6 is 0 Å². The number of hydrogen-bond donors (Lipinski definition) is 2. The molecule has 8 atom stereocenters. The topological polar surface area (TPSA) is 75.1 Å². The Kier molecular flexibility index (Phi) is 4.75. The summed E-state index contributed by atoms with van der Waals surface area (Å²) in [6.45, 7) is 0. The van der Waals surface area contributed by atoms with E-state index in [1.807, 2.05) is 13.2 Å². The molecule has 0 aliphatic heterocycles. The van der Waals surface area contributed by atoms with Crippen LogP contribution in [0, 0.1) is 40.9 Å². The van der Waals surface area contributed by atoms with Crippen molar-refractivity contribution < 1.29 is 9.90 Å². The maximum atomic E-state index is 12.6. The molecule has 1 heterocycles. The van der Waals surface area contributed by atoms with Gasteiger partial charge in [0.15, 0.2) is 0 Å². The van der Waals surface area contributed by atoms with Gasteiger partial charge in [-0.15, -0.1) is 0 Å². The highest BCUT2D eigenvalue weighted by atomic mass is 16.4. The molecule has 0 saturated heterocycles. The van der Waals surface area contributed by atoms with Crippen molar-refractivity contribution in [3.8, 4) is 0 Å². The second-order valence-corrected chi connectivity index (χ2v) is 11.0. The Morgan fingerprint density at radius 1 is 1.13 bits per heavy atom. The van der Waals surface area contributed by atoms with Gasteiger partial charge in [-0.05, 0) is 100.0 Å². The molecule has 3 fully saturated rings. The smallest absolute Gasteiger partial charge is 0.310 e. The van der Waals surface area contributed by atoms with Crippen molar-refractivity contribution in [2.75, 3.05) is 7.05 Å². The van der Waals surface area contributed by atoms with Crippen LogP contribution in [0.2, 0.25) is 0 Å². The zero-order valence-corrected chi connectivity index (χ0v) is 18.6. The molecule has 8 unspecified atom stereocenters. The molecule has 0 amide bonds. The highest BCUT2D eigenvalue weighted by Gasteiger charge is 2.58. The molecule has 0 aromatic carbocycles. The van der Waals surface area contributed by atoms with Crippen molar-refractivity contribution in [3.05, 3.63) is 35.4 Å². The molecule has 6 rings (SSSR count). The maximum Gasteiger partial charge on any atom is 0.310 e. The Morgan fingerprint density at radius 3 is 2.87 bits per heavy atom. The van der Waals surface area contributed by atoms with E-state index < -0.39 is 11.4 Å². The van der Waals surface area contributed by atoms with Crippen LogP contribution in [0.4, 0.5) is 0 Å². The van der Waals surface area contributed by atoms with Crippen molar-refractivity contribution in [1.29, 1.82) is 0 Å². The molecule has 0 spiro atoms. The zero-order valence-electron chi connectivity index (χ0n) is 18.6. The number of hydrogen-bond acceptors (Lipinski definition) is 4. The minimum atomic E-state index is -0.550. The van der Waals surface area contributed by atoms with Gasteiger partial charge in [0.25, 0.3) is 0 Å². The van der Waals surface area contributed by atoms with Crippen LogP contribution in [-0.2, 0) is 17.6 Å². The van der Waals surface area contributed by atoms with Crippen LogP contribution < -0.4 is 5.32 Å². The van der Waals surface area contributed by atoms with E-state index >= 15 is 0 Å². The quantitative estimate of drug-likeness (QED) is 0.705. The Labute approximate surface area is 185 Å². The highest BCUT2D eigenvalue weighted by Crippen LogP contribution is 2.61. The molecule has 0 bridgehead atoms. The summed E-state index contributed by atoms with van der Waals surface area (Å²) in [6.07, 6.45) is 17.2. The molecule has 5 aliphatic carbocycles. The summed E-state index contributed by atoms with van der Waals surface area (Å²) in [5.41, 5.74) is 3.63. The van der Waals surface area contributed by atoms with Gasteiger partial charge >= 0.3 is 5.97 Å². The van der Waals surface area contributed by atoms with Crippen molar-refractivity contribution in [2.45, 2.75) is 70.3 Å². The van der Waals surface area contributed by atoms with E-state index in [4.69, 9.17) is 0 Å². The van der Waals surface area contributed by atoms with Crippen LogP contribution in [0.1, 0.15) is 62.6 Å². The lowest BCUT2D eigenvalue weighted by molar-refractivity contribution is -0.158. The van der Waals surface area contributed by atoms with Gasteiger partial charge in [-0.1, -0.05) is 18.1 Å². The van der Waals surface area contributed by atoms with E-state index in [1.165, 1.54) is 29.7 Å². The number of aliphatic carboxylic acids is 1. The molecule has 5 nitrogen and oxygen atoms in total. The van der Waals surface area contributed by atoms with Crippen LogP contribution in [0.3, 0.4) is 0 Å². The normalized spacial score (nSPS) is 43.4. The molecule has 5 heteroatoms. The number of fused-ring (bicyclic) bond motifs is 8. The number of nitrogens with zero attached hydrogens (tertiary/aromatic N) is 2. The first kappa shape index (κ1) is 19.9. The lowest BCUT2D eigenvalue weighted by atomic mass is 9.47. The molecular formula is C26H35N3O2. The number of carboxylic acid groups (broad SMARTS) is 1. The van der Waals surface area contributed by atoms with Gasteiger partial charge in [0, 0.05) is 23.9 Å². The Morgan fingerprint density at radius 2 is 2.03 bits per heavy atom. The van der Waals surface area contributed by atoms with Gasteiger partial charge in [-0.2, -0.15) is 0 Å². The summed E-state index contributed by atoms with van der Waals surface area (Å²) in [7, 11) is 2.03. The SMILES string of the molecule is CNC1CCCC2(C(=O)O)CCC3C(=CCC4C5Cc6cncnc6CC5CCC34)C12. The van der Waals surface area contributed by atoms with Crippen molar-refractivity contribution in [2.24, 2.45) is 40.9 Å². The fourth-order valence-corrected chi connectivity index (χ4v) is 8.82. The summed E-state index contributed by atoms with van der Waals surface area (Å²) in [6, 6.07) is 0.311. The average Bonchev–Trinajstić information content (AvgIpc) is 2.81. The molecular weight excluding hydrogens is 386 g/mol. The largest absolute Gasteiger partial charge is 0.481 e. The van der Waals surface area contributed by atoms with Gasteiger partial charge in [-0.25, -0.2) is 9.97 Å². The standard InChI is InChI=1S/C26H35N3O2/c1-27-22-3-2-9-26(25(30)31)10-8-19-17-5-4-15-12-23-16(13-28-14-29-23)11-21(15)18(17)6-7-20(19)24(22)26/h7,13-15,17-19,21-22,24,27H,2-6,8-12H2,1H3,(H,30,31). The first-order valence-corrected chi connectivity index (χ1v) is 12.5. The summed E-state index contributed by atoms with van der Waals surface area (Å²) in [5, 5.41) is 13.9. The molecule has 0 radical (unpaired) electrons.